The van der Waals surface area contributed by atoms with Crippen molar-refractivity contribution in [2.45, 2.75) is 25.5 Å². The highest BCUT2D eigenvalue weighted by Gasteiger charge is 2.18. The lowest BCUT2D eigenvalue weighted by Gasteiger charge is -2.08. The molecule has 0 saturated carbocycles. The molecule has 0 aliphatic carbocycles. The van der Waals surface area contributed by atoms with E-state index in [4.69, 9.17) is 0 Å². The monoisotopic (exact) mass is 389 g/mol. The minimum Gasteiger partial charge on any atom is -0.325 e. The van der Waals surface area contributed by atoms with E-state index in [0.717, 1.165) is 11.8 Å². The molecule has 3 rings (SSSR count). The van der Waals surface area contributed by atoms with Gasteiger partial charge in [-0.3, -0.25) is 4.79 Å². The second kappa shape index (κ2) is 8.26. The minimum absolute atomic E-state index is 0.0571. The second-order valence-electron chi connectivity index (χ2n) is 5.74. The maximum atomic E-state index is 14.0. The molecule has 0 atom stereocenters. The number of amides is 1. The first-order valence-corrected chi connectivity index (χ1v) is 9.20. The Bertz CT molecular complexity index is 959. The van der Waals surface area contributed by atoms with E-state index in [1.807, 2.05) is 38.1 Å². The van der Waals surface area contributed by atoms with E-state index in [1.54, 1.807) is 4.57 Å². The Morgan fingerprint density at radius 2 is 1.96 bits per heavy atom. The molecule has 0 saturated heterocycles. The molecule has 9 heteroatoms. The number of hydrogen-bond acceptors (Lipinski definition) is 5. The Labute approximate surface area is 159 Å². The molecule has 2 aromatic heterocycles. The van der Waals surface area contributed by atoms with Crippen LogP contribution in [0.1, 0.15) is 12.5 Å². The van der Waals surface area contributed by atoms with Crippen LogP contribution in [0.5, 0.6) is 0 Å². The number of halogens is 2. The van der Waals surface area contributed by atoms with Crippen LogP contribution in [0.25, 0.3) is 11.4 Å². The molecule has 1 N–H and O–H groups in total. The molecule has 1 amide bonds. The topological polar surface area (TPSA) is 72.7 Å². The van der Waals surface area contributed by atoms with Gasteiger partial charge in [-0.05, 0) is 26.0 Å². The summed E-state index contributed by atoms with van der Waals surface area (Å²) in [7, 11) is 0. The lowest BCUT2D eigenvalue weighted by Crippen LogP contribution is -2.14. The lowest BCUT2D eigenvalue weighted by molar-refractivity contribution is -0.113. The van der Waals surface area contributed by atoms with Gasteiger partial charge in [-0.25, -0.2) is 9.37 Å². The van der Waals surface area contributed by atoms with Crippen molar-refractivity contribution < 1.29 is 13.6 Å². The summed E-state index contributed by atoms with van der Waals surface area (Å²) in [5, 5.41) is 11.3. The highest BCUT2D eigenvalue weighted by Crippen LogP contribution is 2.25. The number of carbonyl (C=O) groups excluding carboxylic acids is 1. The summed E-state index contributed by atoms with van der Waals surface area (Å²) < 4.78 is 28.7. The first-order chi connectivity index (χ1) is 13.0. The molecule has 0 bridgehead atoms. The summed E-state index contributed by atoms with van der Waals surface area (Å²) in [6, 6.07) is 8.18. The van der Waals surface area contributed by atoms with Gasteiger partial charge in [0.05, 0.1) is 11.3 Å². The number of hydrogen-bond donors (Lipinski definition) is 1. The Balaban J connectivity index is 1.71. The third kappa shape index (κ3) is 4.48. The molecule has 140 valence electrons. The molecule has 27 heavy (non-hydrogen) atoms. The van der Waals surface area contributed by atoms with Crippen LogP contribution in [0.3, 0.4) is 0 Å². The largest absolute Gasteiger partial charge is 0.325 e. The fourth-order valence-electron chi connectivity index (χ4n) is 2.42. The van der Waals surface area contributed by atoms with Gasteiger partial charge in [0, 0.05) is 24.5 Å². The van der Waals surface area contributed by atoms with Gasteiger partial charge >= 0.3 is 0 Å². The van der Waals surface area contributed by atoms with Gasteiger partial charge in [0.15, 0.2) is 11.0 Å². The highest BCUT2D eigenvalue weighted by atomic mass is 32.2. The van der Waals surface area contributed by atoms with Crippen LogP contribution in [-0.2, 0) is 11.3 Å². The van der Waals surface area contributed by atoms with E-state index in [1.165, 1.54) is 11.8 Å². The van der Waals surface area contributed by atoms with Gasteiger partial charge < -0.3 is 9.88 Å². The molecule has 2 heterocycles. The molecule has 0 radical (unpaired) electrons. The highest BCUT2D eigenvalue weighted by molar-refractivity contribution is 7.99. The van der Waals surface area contributed by atoms with Gasteiger partial charge in [-0.1, -0.05) is 29.5 Å². The number of nitrogens with one attached hydrogen (secondary N) is 1. The van der Waals surface area contributed by atoms with Crippen molar-refractivity contribution in [2.75, 3.05) is 11.1 Å². The van der Waals surface area contributed by atoms with Gasteiger partial charge in [-0.2, -0.15) is 4.39 Å². The Hall–Kier alpha value is -2.81. The van der Waals surface area contributed by atoms with Crippen molar-refractivity contribution in [2.24, 2.45) is 0 Å². The zero-order chi connectivity index (χ0) is 19.4. The minimum atomic E-state index is -0.902. The third-order valence-electron chi connectivity index (χ3n) is 3.76. The first-order valence-electron chi connectivity index (χ1n) is 8.22. The van der Waals surface area contributed by atoms with Crippen molar-refractivity contribution >= 4 is 23.4 Å². The van der Waals surface area contributed by atoms with Crippen molar-refractivity contribution in [3.8, 4) is 11.4 Å². The third-order valence-corrected chi connectivity index (χ3v) is 4.73. The molecular formula is C18H17F2N5OS. The van der Waals surface area contributed by atoms with E-state index in [0.29, 0.717) is 23.5 Å². The van der Waals surface area contributed by atoms with Gasteiger partial charge in [-0.15, -0.1) is 10.2 Å². The van der Waals surface area contributed by atoms with Crippen molar-refractivity contribution in [1.29, 1.82) is 0 Å². The van der Waals surface area contributed by atoms with Crippen LogP contribution in [-0.4, -0.2) is 31.4 Å². The second-order valence-corrected chi connectivity index (χ2v) is 6.68. The standard InChI is InChI=1S/C18H17F2N5OS/c1-3-25-17(13-9-21-15(20)8-14(13)19)23-24-18(25)27-10-16(26)22-12-6-4-11(2)5-7-12/h4-9H,3,10H2,1-2H3,(H,22,26). The van der Waals surface area contributed by atoms with Crippen LogP contribution in [0.2, 0.25) is 0 Å². The van der Waals surface area contributed by atoms with Crippen molar-refractivity contribution in [3.63, 3.8) is 0 Å². The lowest BCUT2D eigenvalue weighted by atomic mass is 10.2. The van der Waals surface area contributed by atoms with E-state index < -0.39 is 11.8 Å². The number of nitrogens with zero attached hydrogens (tertiary/aromatic N) is 4. The van der Waals surface area contributed by atoms with Crippen LogP contribution < -0.4 is 5.32 Å². The SMILES string of the molecule is CCn1c(SCC(=O)Nc2ccc(C)cc2)nnc1-c1cnc(F)cc1F. The molecule has 1 aromatic carbocycles. The van der Waals surface area contributed by atoms with Crippen LogP contribution >= 0.6 is 11.8 Å². The molecule has 0 aliphatic rings. The van der Waals surface area contributed by atoms with Crippen molar-refractivity contribution in [3.05, 3.63) is 53.9 Å². The van der Waals surface area contributed by atoms with Gasteiger partial charge in [0.1, 0.15) is 5.82 Å². The Morgan fingerprint density at radius 1 is 1.22 bits per heavy atom. The molecular weight excluding hydrogens is 372 g/mol. The molecule has 0 unspecified atom stereocenters. The number of thioether (sulfide) groups is 1. The molecule has 6 nitrogen and oxygen atoms in total. The number of aryl methyl sites for hydroxylation is 1. The summed E-state index contributed by atoms with van der Waals surface area (Å²) in [4.78, 5) is 15.6. The van der Waals surface area contributed by atoms with E-state index in [9.17, 15) is 13.6 Å². The summed E-state index contributed by atoms with van der Waals surface area (Å²) in [5.41, 5.74) is 1.87. The number of benzene rings is 1. The zero-order valence-corrected chi connectivity index (χ0v) is 15.6. The number of rotatable bonds is 6. The number of carbonyl (C=O) groups is 1. The number of aromatic nitrogens is 4. The fourth-order valence-corrected chi connectivity index (χ4v) is 3.22. The average molecular weight is 389 g/mol. The van der Waals surface area contributed by atoms with Crippen LogP contribution in [0, 0.1) is 18.7 Å². The zero-order valence-electron chi connectivity index (χ0n) is 14.7. The molecule has 3 aromatic rings. The number of pyridine rings is 1. The average Bonchev–Trinajstić information content (AvgIpc) is 3.04. The molecule has 0 aliphatic heterocycles. The van der Waals surface area contributed by atoms with Crippen LogP contribution in [0.4, 0.5) is 14.5 Å². The summed E-state index contributed by atoms with van der Waals surface area (Å²) in [6.45, 7) is 4.27. The number of anilines is 1. The van der Waals surface area contributed by atoms with E-state index >= 15 is 0 Å². The normalized spacial score (nSPS) is 10.8. The van der Waals surface area contributed by atoms with Gasteiger partial charge in [0.2, 0.25) is 11.9 Å². The molecule has 0 fully saturated rings. The van der Waals surface area contributed by atoms with Crippen LogP contribution in [0.15, 0.2) is 41.7 Å². The predicted octanol–water partition coefficient (Wildman–Crippen LogP) is 3.68. The van der Waals surface area contributed by atoms with Crippen molar-refractivity contribution in [1.82, 2.24) is 19.7 Å². The summed E-state index contributed by atoms with van der Waals surface area (Å²) >= 11 is 1.19. The summed E-state index contributed by atoms with van der Waals surface area (Å²) in [6.07, 6.45) is 1.08. The Morgan fingerprint density at radius 3 is 2.63 bits per heavy atom. The maximum absolute atomic E-state index is 14.0. The maximum Gasteiger partial charge on any atom is 0.234 e. The predicted molar refractivity (Wildman–Crippen MR) is 99.4 cm³/mol. The first kappa shape index (κ1) is 19.0. The van der Waals surface area contributed by atoms with Gasteiger partial charge in [0.25, 0.3) is 0 Å². The summed E-state index contributed by atoms with van der Waals surface area (Å²) in [5.74, 6) is -1.50. The van der Waals surface area contributed by atoms with E-state index in [-0.39, 0.29) is 23.0 Å². The quantitative estimate of drug-likeness (QED) is 0.514. The fraction of sp³-hybridized carbons (Fsp3) is 0.222. The smallest absolute Gasteiger partial charge is 0.234 e. The Kier molecular flexibility index (Phi) is 5.80. The van der Waals surface area contributed by atoms with E-state index in [2.05, 4.69) is 20.5 Å². The molecule has 0 spiro atoms.